The van der Waals surface area contributed by atoms with Crippen LogP contribution in [0.4, 0.5) is 0 Å². The molecule has 0 bridgehead atoms. The van der Waals surface area contributed by atoms with Crippen molar-refractivity contribution in [2.24, 2.45) is 0 Å². The van der Waals surface area contributed by atoms with E-state index in [9.17, 15) is 14.7 Å². The van der Waals surface area contributed by atoms with E-state index >= 15 is 0 Å². The molecule has 0 saturated carbocycles. The number of aliphatic hydroxyl groups is 1. The number of hydrogen-bond donors (Lipinski definition) is 2. The van der Waals surface area contributed by atoms with Gasteiger partial charge >= 0.3 is 0 Å². The Balaban J connectivity index is 1.56. The molecule has 4 heterocycles. The lowest BCUT2D eigenvalue weighted by Gasteiger charge is -2.35. The first kappa shape index (κ1) is 18.7. The van der Waals surface area contributed by atoms with Gasteiger partial charge in [-0.05, 0) is 38.3 Å². The molecule has 2 saturated heterocycles. The van der Waals surface area contributed by atoms with Gasteiger partial charge in [0.2, 0.25) is 5.91 Å². The molecule has 0 aromatic carbocycles. The summed E-state index contributed by atoms with van der Waals surface area (Å²) in [4.78, 5) is 31.8. The van der Waals surface area contributed by atoms with Crippen LogP contribution in [0.5, 0.6) is 0 Å². The van der Waals surface area contributed by atoms with Gasteiger partial charge in [0.1, 0.15) is 12.2 Å². The number of rotatable bonds is 5. The van der Waals surface area contributed by atoms with E-state index in [1.165, 1.54) is 0 Å². The molecule has 2 aromatic heterocycles. The fourth-order valence-electron chi connectivity index (χ4n) is 4.00. The number of amides is 2. The number of nitrogens with one attached hydrogen (secondary N) is 1. The first-order chi connectivity index (χ1) is 13.5. The molecule has 0 aliphatic carbocycles. The zero-order valence-electron chi connectivity index (χ0n) is 16.4. The number of H-pyrrole nitrogens is 1. The minimum atomic E-state index is -0.407. The molecule has 2 N–H and O–H groups in total. The van der Waals surface area contributed by atoms with Crippen LogP contribution in [-0.2, 0) is 17.8 Å². The topological polar surface area (TPSA) is 94.5 Å². The van der Waals surface area contributed by atoms with Crippen molar-refractivity contribution < 1.29 is 14.7 Å². The van der Waals surface area contributed by atoms with E-state index in [0.29, 0.717) is 18.8 Å². The SMILES string of the molecule is CCc1nn(CC(=O)N2CC(O)C2)c(C)c1-c1ccc(C(=O)N2CCCC2)[nH]1. The van der Waals surface area contributed by atoms with E-state index in [1.54, 1.807) is 9.58 Å². The van der Waals surface area contributed by atoms with Gasteiger partial charge in [-0.3, -0.25) is 14.3 Å². The van der Waals surface area contributed by atoms with Gasteiger partial charge in [0, 0.05) is 43.1 Å². The summed E-state index contributed by atoms with van der Waals surface area (Å²) in [6.45, 7) is 6.56. The van der Waals surface area contributed by atoms with Gasteiger partial charge in [-0.15, -0.1) is 0 Å². The maximum Gasteiger partial charge on any atom is 0.270 e. The Morgan fingerprint density at radius 1 is 1.21 bits per heavy atom. The van der Waals surface area contributed by atoms with Crippen molar-refractivity contribution in [2.75, 3.05) is 26.2 Å². The Morgan fingerprint density at radius 3 is 2.57 bits per heavy atom. The molecule has 8 heteroatoms. The summed E-state index contributed by atoms with van der Waals surface area (Å²) in [5.41, 5.74) is 4.20. The number of β-amino-alcohol motifs (C(OH)–C–C–N with tert-alkyl or cyclic N) is 1. The number of aromatic amines is 1. The van der Waals surface area contributed by atoms with Gasteiger partial charge in [0.25, 0.3) is 5.91 Å². The van der Waals surface area contributed by atoms with Crippen molar-refractivity contribution in [3.05, 3.63) is 29.2 Å². The third-order valence-corrected chi connectivity index (χ3v) is 5.69. The highest BCUT2D eigenvalue weighted by atomic mass is 16.3. The summed E-state index contributed by atoms with van der Waals surface area (Å²) in [5, 5.41) is 14.0. The predicted octanol–water partition coefficient (Wildman–Crippen LogP) is 1.19. The lowest BCUT2D eigenvalue weighted by atomic mass is 10.1. The second kappa shape index (κ2) is 7.43. The number of hydrogen-bond acceptors (Lipinski definition) is 4. The second-order valence-electron chi connectivity index (χ2n) is 7.66. The summed E-state index contributed by atoms with van der Waals surface area (Å²) in [6.07, 6.45) is 2.45. The average Bonchev–Trinajstić information content (AvgIpc) is 3.39. The number of carbonyl (C=O) groups excluding carboxylic acids is 2. The Morgan fingerprint density at radius 2 is 1.93 bits per heavy atom. The largest absolute Gasteiger partial charge is 0.389 e. The molecule has 0 spiro atoms. The maximum atomic E-state index is 12.6. The molecule has 2 amide bonds. The molecule has 2 aromatic rings. The van der Waals surface area contributed by atoms with E-state index in [2.05, 4.69) is 10.1 Å². The first-order valence-electron chi connectivity index (χ1n) is 9.98. The molecule has 0 radical (unpaired) electrons. The quantitative estimate of drug-likeness (QED) is 0.808. The first-order valence-corrected chi connectivity index (χ1v) is 9.98. The van der Waals surface area contributed by atoms with Crippen molar-refractivity contribution >= 4 is 11.8 Å². The zero-order valence-corrected chi connectivity index (χ0v) is 16.4. The van der Waals surface area contributed by atoms with E-state index in [-0.39, 0.29) is 18.4 Å². The normalized spacial score (nSPS) is 17.2. The lowest BCUT2D eigenvalue weighted by Crippen LogP contribution is -2.54. The van der Waals surface area contributed by atoms with Crippen LogP contribution >= 0.6 is 0 Å². The van der Waals surface area contributed by atoms with Gasteiger partial charge < -0.3 is 19.9 Å². The third kappa shape index (κ3) is 3.32. The number of carbonyl (C=O) groups is 2. The standard InChI is InChI=1S/C20H27N5O3/c1-3-15-19(13(2)25(22-15)12-18(27)24-10-14(26)11-24)16-6-7-17(21-16)20(28)23-8-4-5-9-23/h6-7,14,21,26H,3-5,8-12H2,1-2H3. The molecule has 0 unspecified atom stereocenters. The van der Waals surface area contributed by atoms with E-state index < -0.39 is 6.10 Å². The van der Waals surface area contributed by atoms with Crippen molar-refractivity contribution in [3.63, 3.8) is 0 Å². The van der Waals surface area contributed by atoms with E-state index in [4.69, 9.17) is 0 Å². The third-order valence-electron chi connectivity index (χ3n) is 5.69. The van der Waals surface area contributed by atoms with Crippen molar-refractivity contribution in [2.45, 2.75) is 45.8 Å². The molecular weight excluding hydrogens is 358 g/mol. The molecule has 2 fully saturated rings. The minimum Gasteiger partial charge on any atom is -0.389 e. The lowest BCUT2D eigenvalue weighted by molar-refractivity contribution is -0.142. The van der Waals surface area contributed by atoms with Gasteiger partial charge in [0.15, 0.2) is 0 Å². The number of aliphatic hydroxyl groups excluding tert-OH is 1. The highest BCUT2D eigenvalue weighted by Crippen LogP contribution is 2.28. The number of likely N-dealkylation sites (tertiary alicyclic amines) is 2. The molecule has 2 aliphatic heterocycles. The van der Waals surface area contributed by atoms with Gasteiger partial charge in [0.05, 0.1) is 11.8 Å². The zero-order chi connectivity index (χ0) is 19.8. The van der Waals surface area contributed by atoms with E-state index in [1.807, 2.05) is 30.9 Å². The molecular formula is C20H27N5O3. The second-order valence-corrected chi connectivity index (χ2v) is 7.66. The summed E-state index contributed by atoms with van der Waals surface area (Å²) in [5.74, 6) is -0.000138. The van der Waals surface area contributed by atoms with Crippen LogP contribution in [0, 0.1) is 6.92 Å². The fourth-order valence-corrected chi connectivity index (χ4v) is 4.00. The molecule has 4 rings (SSSR count). The van der Waals surface area contributed by atoms with Crippen LogP contribution in [0.3, 0.4) is 0 Å². The smallest absolute Gasteiger partial charge is 0.270 e. The number of aromatic nitrogens is 3. The predicted molar refractivity (Wildman–Crippen MR) is 104 cm³/mol. The molecule has 2 aliphatic rings. The summed E-state index contributed by atoms with van der Waals surface area (Å²) in [6, 6.07) is 3.75. The monoisotopic (exact) mass is 385 g/mol. The number of aryl methyl sites for hydroxylation is 1. The van der Waals surface area contributed by atoms with Crippen LogP contribution in [0.1, 0.15) is 41.6 Å². The van der Waals surface area contributed by atoms with Crippen LogP contribution in [0.2, 0.25) is 0 Å². The highest BCUT2D eigenvalue weighted by molar-refractivity contribution is 5.93. The van der Waals surface area contributed by atoms with Gasteiger partial charge in [-0.25, -0.2) is 0 Å². The molecule has 8 nitrogen and oxygen atoms in total. The molecule has 0 atom stereocenters. The van der Waals surface area contributed by atoms with Crippen molar-refractivity contribution in [1.82, 2.24) is 24.6 Å². The average molecular weight is 385 g/mol. The maximum absolute atomic E-state index is 12.6. The van der Waals surface area contributed by atoms with E-state index in [0.717, 1.165) is 55.0 Å². The summed E-state index contributed by atoms with van der Waals surface area (Å²) < 4.78 is 1.73. The van der Waals surface area contributed by atoms with Crippen LogP contribution < -0.4 is 0 Å². The Kier molecular flexibility index (Phi) is 4.97. The summed E-state index contributed by atoms with van der Waals surface area (Å²) >= 11 is 0. The van der Waals surface area contributed by atoms with Crippen LogP contribution in [0.25, 0.3) is 11.3 Å². The Labute approximate surface area is 164 Å². The van der Waals surface area contributed by atoms with Gasteiger partial charge in [-0.2, -0.15) is 5.10 Å². The minimum absolute atomic E-state index is 0.0402. The van der Waals surface area contributed by atoms with Gasteiger partial charge in [-0.1, -0.05) is 6.92 Å². The summed E-state index contributed by atoms with van der Waals surface area (Å²) in [7, 11) is 0. The molecule has 150 valence electrons. The molecule has 28 heavy (non-hydrogen) atoms. The Hall–Kier alpha value is -2.61. The number of nitrogens with zero attached hydrogens (tertiary/aromatic N) is 4. The van der Waals surface area contributed by atoms with Crippen LogP contribution in [-0.4, -0.2) is 73.8 Å². The van der Waals surface area contributed by atoms with Crippen LogP contribution in [0.15, 0.2) is 12.1 Å². The highest BCUT2D eigenvalue weighted by Gasteiger charge is 2.30. The fraction of sp³-hybridized carbons (Fsp3) is 0.550. The van der Waals surface area contributed by atoms with Crippen molar-refractivity contribution in [3.8, 4) is 11.3 Å². The van der Waals surface area contributed by atoms with Crippen molar-refractivity contribution in [1.29, 1.82) is 0 Å². The Bertz CT molecular complexity index is 888.